The van der Waals surface area contributed by atoms with Gasteiger partial charge in [-0.1, -0.05) is 19.0 Å². The van der Waals surface area contributed by atoms with Crippen molar-refractivity contribution in [2.24, 2.45) is 0 Å². The van der Waals surface area contributed by atoms with Crippen LogP contribution in [0.4, 0.5) is 5.82 Å². The molecule has 0 amide bonds. The van der Waals surface area contributed by atoms with Gasteiger partial charge in [-0.25, -0.2) is 0 Å². The van der Waals surface area contributed by atoms with Crippen LogP contribution in [-0.4, -0.2) is 19.4 Å². The summed E-state index contributed by atoms with van der Waals surface area (Å²) in [6.45, 7) is 4.20. The third-order valence-electron chi connectivity index (χ3n) is 2.97. The second-order valence-corrected chi connectivity index (χ2v) is 4.57. The van der Waals surface area contributed by atoms with Crippen molar-refractivity contribution >= 4 is 5.82 Å². The van der Waals surface area contributed by atoms with Crippen LogP contribution in [0.1, 0.15) is 25.3 Å². The number of nitrogens with two attached hydrogens (primary N) is 1. The van der Waals surface area contributed by atoms with Crippen LogP contribution in [0.3, 0.4) is 0 Å². The smallest absolute Gasteiger partial charge is 0.169 e. The molecule has 0 aliphatic heterocycles. The fourth-order valence-electron chi connectivity index (χ4n) is 2.00. The van der Waals surface area contributed by atoms with E-state index in [4.69, 9.17) is 19.7 Å². The van der Waals surface area contributed by atoms with Crippen LogP contribution in [0.5, 0.6) is 11.5 Å². The average Bonchev–Trinajstić information content (AvgIpc) is 2.83. The van der Waals surface area contributed by atoms with Crippen LogP contribution in [0.2, 0.25) is 0 Å². The van der Waals surface area contributed by atoms with E-state index in [0.717, 1.165) is 11.1 Å². The third kappa shape index (κ3) is 2.50. The molecule has 0 aliphatic rings. The first kappa shape index (κ1) is 13.3. The first-order valence-electron chi connectivity index (χ1n) is 6.05. The van der Waals surface area contributed by atoms with Gasteiger partial charge < -0.3 is 19.7 Å². The number of anilines is 1. The minimum absolute atomic E-state index is 0.307. The zero-order valence-corrected chi connectivity index (χ0v) is 11.6. The second kappa shape index (κ2) is 5.22. The van der Waals surface area contributed by atoms with Crippen molar-refractivity contribution in [3.8, 4) is 22.8 Å². The molecule has 2 rings (SSSR count). The molecule has 5 heteroatoms. The Kier molecular flexibility index (Phi) is 3.64. The van der Waals surface area contributed by atoms with Gasteiger partial charge in [-0.15, -0.1) is 0 Å². The topological polar surface area (TPSA) is 70.5 Å². The zero-order valence-electron chi connectivity index (χ0n) is 11.6. The number of ether oxygens (including phenoxy) is 2. The number of rotatable bonds is 4. The highest BCUT2D eigenvalue weighted by atomic mass is 16.5. The standard InChI is InChI=1S/C14H18N2O3/c1-8(2)9-5-12(17-3)13(18-4)6-10(9)11-7-14(15)16-19-11/h5-8H,1-4H3,(H2,15,16). The fraction of sp³-hybridized carbons (Fsp3) is 0.357. The molecule has 5 nitrogen and oxygen atoms in total. The van der Waals surface area contributed by atoms with E-state index in [2.05, 4.69) is 19.0 Å². The number of methoxy groups -OCH3 is 2. The molecule has 1 aromatic carbocycles. The number of aromatic nitrogens is 1. The van der Waals surface area contributed by atoms with Crippen LogP contribution >= 0.6 is 0 Å². The van der Waals surface area contributed by atoms with Crippen LogP contribution < -0.4 is 15.2 Å². The predicted octanol–water partition coefficient (Wildman–Crippen LogP) is 3.06. The monoisotopic (exact) mass is 262 g/mol. The highest BCUT2D eigenvalue weighted by Gasteiger charge is 2.17. The van der Waals surface area contributed by atoms with Crippen molar-refractivity contribution in [1.29, 1.82) is 0 Å². The van der Waals surface area contributed by atoms with E-state index in [1.807, 2.05) is 12.1 Å². The Morgan fingerprint density at radius 3 is 2.21 bits per heavy atom. The van der Waals surface area contributed by atoms with Crippen LogP contribution in [0.25, 0.3) is 11.3 Å². The summed E-state index contributed by atoms with van der Waals surface area (Å²) in [5.74, 6) is 2.64. The summed E-state index contributed by atoms with van der Waals surface area (Å²) < 4.78 is 15.9. The number of benzene rings is 1. The van der Waals surface area contributed by atoms with Gasteiger partial charge in [0.2, 0.25) is 0 Å². The first-order chi connectivity index (χ1) is 9.06. The summed E-state index contributed by atoms with van der Waals surface area (Å²) in [6, 6.07) is 5.54. The summed E-state index contributed by atoms with van der Waals surface area (Å²) in [5.41, 5.74) is 7.61. The van der Waals surface area contributed by atoms with Gasteiger partial charge in [0.1, 0.15) is 0 Å². The highest BCUT2D eigenvalue weighted by Crippen LogP contribution is 2.39. The summed E-state index contributed by atoms with van der Waals surface area (Å²) in [4.78, 5) is 0. The van der Waals surface area contributed by atoms with Crippen molar-refractivity contribution < 1.29 is 14.0 Å². The molecule has 0 saturated heterocycles. The Balaban J connectivity index is 2.63. The van der Waals surface area contributed by atoms with Gasteiger partial charge in [-0.2, -0.15) is 0 Å². The van der Waals surface area contributed by atoms with E-state index in [1.165, 1.54) is 0 Å². The van der Waals surface area contributed by atoms with Crippen LogP contribution in [0.15, 0.2) is 22.7 Å². The van der Waals surface area contributed by atoms with Gasteiger partial charge >= 0.3 is 0 Å². The van der Waals surface area contributed by atoms with Crippen molar-refractivity contribution in [1.82, 2.24) is 5.16 Å². The Labute approximate surface area is 112 Å². The lowest BCUT2D eigenvalue weighted by molar-refractivity contribution is 0.354. The van der Waals surface area contributed by atoms with Crippen molar-refractivity contribution in [2.45, 2.75) is 19.8 Å². The SMILES string of the molecule is COc1cc(-c2cc(N)no2)c(C(C)C)cc1OC. The number of nitrogen functional groups attached to an aromatic ring is 1. The quantitative estimate of drug-likeness (QED) is 0.916. The maximum atomic E-state index is 5.61. The Hall–Kier alpha value is -2.17. The minimum atomic E-state index is 0.307. The minimum Gasteiger partial charge on any atom is -0.493 e. The molecule has 2 N–H and O–H groups in total. The normalized spacial score (nSPS) is 10.8. The molecule has 1 heterocycles. The fourth-order valence-corrected chi connectivity index (χ4v) is 2.00. The zero-order chi connectivity index (χ0) is 14.0. The van der Waals surface area contributed by atoms with Gasteiger partial charge in [0.25, 0.3) is 0 Å². The average molecular weight is 262 g/mol. The number of hydrogen-bond donors (Lipinski definition) is 1. The number of nitrogens with zero attached hydrogens (tertiary/aromatic N) is 1. The van der Waals surface area contributed by atoms with Gasteiger partial charge in [-0.3, -0.25) is 0 Å². The van der Waals surface area contributed by atoms with E-state index < -0.39 is 0 Å². The molecule has 0 radical (unpaired) electrons. The molecule has 19 heavy (non-hydrogen) atoms. The van der Waals surface area contributed by atoms with Crippen LogP contribution in [0, 0.1) is 0 Å². The highest BCUT2D eigenvalue weighted by molar-refractivity contribution is 5.69. The molecule has 0 unspecified atom stereocenters. The molecule has 102 valence electrons. The molecular weight excluding hydrogens is 244 g/mol. The van der Waals surface area contributed by atoms with E-state index in [1.54, 1.807) is 20.3 Å². The van der Waals surface area contributed by atoms with E-state index in [0.29, 0.717) is 29.0 Å². The first-order valence-corrected chi connectivity index (χ1v) is 6.05. The molecule has 1 aromatic heterocycles. The lowest BCUT2D eigenvalue weighted by Crippen LogP contribution is -1.97. The van der Waals surface area contributed by atoms with Gasteiger partial charge in [0.15, 0.2) is 23.1 Å². The summed E-state index contributed by atoms with van der Waals surface area (Å²) >= 11 is 0. The van der Waals surface area contributed by atoms with Crippen LogP contribution in [-0.2, 0) is 0 Å². The molecule has 0 spiro atoms. The van der Waals surface area contributed by atoms with E-state index in [-0.39, 0.29) is 0 Å². The Morgan fingerprint density at radius 1 is 1.11 bits per heavy atom. The molecule has 2 aromatic rings. The van der Waals surface area contributed by atoms with Gasteiger partial charge in [-0.05, 0) is 23.6 Å². The largest absolute Gasteiger partial charge is 0.493 e. The predicted molar refractivity (Wildman–Crippen MR) is 73.5 cm³/mol. The third-order valence-corrected chi connectivity index (χ3v) is 2.97. The van der Waals surface area contributed by atoms with Crippen molar-refractivity contribution in [3.63, 3.8) is 0 Å². The lowest BCUT2D eigenvalue weighted by atomic mass is 9.95. The van der Waals surface area contributed by atoms with Crippen molar-refractivity contribution in [2.75, 3.05) is 20.0 Å². The molecule has 0 bridgehead atoms. The van der Waals surface area contributed by atoms with E-state index >= 15 is 0 Å². The van der Waals surface area contributed by atoms with Gasteiger partial charge in [0.05, 0.1) is 14.2 Å². The molecule has 0 aliphatic carbocycles. The summed E-state index contributed by atoms with van der Waals surface area (Å²) in [6.07, 6.45) is 0. The maximum absolute atomic E-state index is 5.61. The Bertz CT molecular complexity index is 576. The molecule has 0 fully saturated rings. The number of hydrogen-bond acceptors (Lipinski definition) is 5. The maximum Gasteiger partial charge on any atom is 0.169 e. The lowest BCUT2D eigenvalue weighted by Gasteiger charge is -2.15. The van der Waals surface area contributed by atoms with E-state index in [9.17, 15) is 0 Å². The summed E-state index contributed by atoms with van der Waals surface area (Å²) in [5, 5.41) is 3.72. The molecule has 0 saturated carbocycles. The molecular formula is C14H18N2O3. The molecule has 0 atom stereocenters. The Morgan fingerprint density at radius 2 is 1.74 bits per heavy atom. The second-order valence-electron chi connectivity index (χ2n) is 4.57. The van der Waals surface area contributed by atoms with Crippen molar-refractivity contribution in [3.05, 3.63) is 23.8 Å². The van der Waals surface area contributed by atoms with Gasteiger partial charge in [0, 0.05) is 11.6 Å². The summed E-state index contributed by atoms with van der Waals surface area (Å²) in [7, 11) is 3.22.